The maximum atomic E-state index is 13.4. The number of fused-ring (bicyclic) bond motifs is 5. The number of hydrogen-bond donors (Lipinski definition) is 0. The average Bonchev–Trinajstić information content (AvgIpc) is 3.23. The Kier molecular flexibility index (Phi) is 4.41. The van der Waals surface area contributed by atoms with E-state index >= 15 is 0 Å². The quantitative estimate of drug-likeness (QED) is 0.698. The van der Waals surface area contributed by atoms with Gasteiger partial charge in [-0.05, 0) is 91.7 Å². The van der Waals surface area contributed by atoms with Gasteiger partial charge in [0, 0.05) is 24.2 Å². The Labute approximate surface area is 173 Å². The molecule has 1 aromatic carbocycles. The summed E-state index contributed by atoms with van der Waals surface area (Å²) in [5, 5.41) is 4.25. The third-order valence-corrected chi connectivity index (χ3v) is 7.71. The van der Waals surface area contributed by atoms with Crippen molar-refractivity contribution in [3.05, 3.63) is 52.9 Å². The lowest BCUT2D eigenvalue weighted by molar-refractivity contribution is -0.127. The lowest BCUT2D eigenvalue weighted by Crippen LogP contribution is -2.42. The molecule has 2 saturated carbocycles. The van der Waals surface area contributed by atoms with E-state index in [1.54, 1.807) is 4.68 Å². The van der Waals surface area contributed by atoms with Crippen LogP contribution in [-0.4, -0.2) is 22.2 Å². The van der Waals surface area contributed by atoms with Gasteiger partial charge in [-0.25, -0.2) is 0 Å². The molecule has 2 fully saturated rings. The fourth-order valence-electron chi connectivity index (χ4n) is 6.33. The molecule has 0 bridgehead atoms. The second-order valence-corrected chi connectivity index (χ2v) is 9.32. The van der Waals surface area contributed by atoms with Gasteiger partial charge in [-0.2, -0.15) is 5.10 Å². The Balaban J connectivity index is 1.45. The first-order valence-corrected chi connectivity index (χ1v) is 11.0. The van der Waals surface area contributed by atoms with Crippen LogP contribution >= 0.6 is 0 Å². The van der Waals surface area contributed by atoms with Crippen LogP contribution in [0, 0.1) is 17.3 Å². The topological polar surface area (TPSA) is 44.1 Å². The van der Waals surface area contributed by atoms with Crippen molar-refractivity contribution in [1.82, 2.24) is 9.78 Å². The molecule has 4 heteroatoms. The molecule has 0 N–H and O–H groups in total. The number of nitrogens with zero attached hydrogens (tertiary/aromatic N) is 2. The summed E-state index contributed by atoms with van der Waals surface area (Å²) >= 11 is 0. The molecule has 5 rings (SSSR count). The summed E-state index contributed by atoms with van der Waals surface area (Å²) in [7, 11) is 1.92. The summed E-state index contributed by atoms with van der Waals surface area (Å²) in [6.07, 6.45) is 11.2. The maximum Gasteiger partial charge on any atom is 0.165 e. The monoisotopic (exact) mass is 390 g/mol. The summed E-state index contributed by atoms with van der Waals surface area (Å²) in [6, 6.07) is 6.67. The third-order valence-electron chi connectivity index (χ3n) is 7.71. The van der Waals surface area contributed by atoms with Crippen LogP contribution in [0.15, 0.2) is 36.2 Å². The van der Waals surface area contributed by atoms with E-state index in [9.17, 15) is 4.79 Å². The van der Waals surface area contributed by atoms with Crippen molar-refractivity contribution < 1.29 is 9.53 Å². The minimum absolute atomic E-state index is 0.196. The highest BCUT2D eigenvalue weighted by molar-refractivity contribution is 6.05. The van der Waals surface area contributed by atoms with Gasteiger partial charge in [0.05, 0.1) is 12.8 Å². The number of rotatable bonds is 3. The molecule has 0 radical (unpaired) electrons. The lowest BCUT2D eigenvalue weighted by Gasteiger charge is -2.48. The zero-order valence-corrected chi connectivity index (χ0v) is 17.6. The molecule has 1 heterocycles. The van der Waals surface area contributed by atoms with Crippen LogP contribution in [0.5, 0.6) is 5.75 Å². The molecule has 4 unspecified atom stereocenters. The minimum atomic E-state index is -0.196. The molecule has 152 valence electrons. The Morgan fingerprint density at radius 1 is 1.34 bits per heavy atom. The SMILES string of the molecule is CCOc1ccc2c(c1)CCC1C2CCC2(C)C(=O)/C(=C/c3cnn(C)c3)CC12. The molecule has 1 aromatic heterocycles. The molecular formula is C25H30N2O2. The van der Waals surface area contributed by atoms with E-state index in [0.717, 1.165) is 42.6 Å². The smallest absolute Gasteiger partial charge is 0.165 e. The molecule has 3 aliphatic rings. The van der Waals surface area contributed by atoms with Crippen molar-refractivity contribution in [2.24, 2.45) is 24.3 Å². The van der Waals surface area contributed by atoms with Crippen molar-refractivity contribution in [3.63, 3.8) is 0 Å². The summed E-state index contributed by atoms with van der Waals surface area (Å²) in [4.78, 5) is 13.4. The van der Waals surface area contributed by atoms with Gasteiger partial charge in [-0.3, -0.25) is 9.48 Å². The van der Waals surface area contributed by atoms with Gasteiger partial charge in [0.25, 0.3) is 0 Å². The van der Waals surface area contributed by atoms with Gasteiger partial charge < -0.3 is 4.74 Å². The van der Waals surface area contributed by atoms with E-state index in [1.807, 2.05) is 26.4 Å². The van der Waals surface area contributed by atoms with E-state index in [-0.39, 0.29) is 5.41 Å². The number of allylic oxidation sites excluding steroid dienone is 1. The molecule has 3 aliphatic carbocycles. The Hall–Kier alpha value is -2.36. The van der Waals surface area contributed by atoms with E-state index in [2.05, 4.69) is 36.3 Å². The fourth-order valence-corrected chi connectivity index (χ4v) is 6.33. The Bertz CT molecular complexity index is 988. The van der Waals surface area contributed by atoms with E-state index < -0.39 is 0 Å². The van der Waals surface area contributed by atoms with Crippen LogP contribution in [0.4, 0.5) is 0 Å². The van der Waals surface area contributed by atoms with Gasteiger partial charge in [0.2, 0.25) is 0 Å². The third kappa shape index (κ3) is 2.95. The van der Waals surface area contributed by atoms with Crippen LogP contribution in [-0.2, 0) is 18.3 Å². The largest absolute Gasteiger partial charge is 0.494 e. The summed E-state index contributed by atoms with van der Waals surface area (Å²) < 4.78 is 7.52. The molecule has 0 saturated heterocycles. The van der Waals surface area contributed by atoms with Crippen LogP contribution in [0.3, 0.4) is 0 Å². The van der Waals surface area contributed by atoms with Crippen molar-refractivity contribution in [2.75, 3.05) is 6.61 Å². The first-order valence-electron chi connectivity index (χ1n) is 11.0. The molecule has 2 aromatic rings. The summed E-state index contributed by atoms with van der Waals surface area (Å²) in [6.45, 7) is 4.97. The zero-order chi connectivity index (χ0) is 20.2. The minimum Gasteiger partial charge on any atom is -0.494 e. The number of ketones is 1. The lowest BCUT2D eigenvalue weighted by atomic mass is 9.55. The van der Waals surface area contributed by atoms with Crippen molar-refractivity contribution in [1.29, 1.82) is 0 Å². The number of carbonyl (C=O) groups is 1. The number of carbonyl (C=O) groups excluding carboxylic acids is 1. The molecule has 29 heavy (non-hydrogen) atoms. The molecule has 0 spiro atoms. The van der Waals surface area contributed by atoms with Crippen molar-refractivity contribution >= 4 is 11.9 Å². The standard InChI is InChI=1S/C25H30N2O2/c1-4-29-19-6-8-20-17(12-19)5-7-22-21(20)9-10-25(2)23(22)13-18(24(25)28)11-16-14-26-27(3)15-16/h6,8,11-12,14-15,21-23H,4-5,7,9-10,13H2,1-3H3/b18-11+. The highest BCUT2D eigenvalue weighted by atomic mass is 16.5. The molecule has 0 aliphatic heterocycles. The van der Waals surface area contributed by atoms with E-state index in [0.29, 0.717) is 30.1 Å². The van der Waals surface area contributed by atoms with E-state index in [1.165, 1.54) is 17.5 Å². The second kappa shape index (κ2) is 6.86. The molecule has 4 atom stereocenters. The number of ether oxygens (including phenoxy) is 1. The van der Waals surface area contributed by atoms with Crippen LogP contribution < -0.4 is 4.74 Å². The van der Waals surface area contributed by atoms with E-state index in [4.69, 9.17) is 4.74 Å². The van der Waals surface area contributed by atoms with Gasteiger partial charge in [-0.15, -0.1) is 0 Å². The van der Waals surface area contributed by atoms with Crippen LogP contribution in [0.1, 0.15) is 62.1 Å². The molecule has 4 nitrogen and oxygen atoms in total. The first kappa shape index (κ1) is 18.7. The second-order valence-electron chi connectivity index (χ2n) is 9.32. The molecule has 0 amide bonds. The predicted molar refractivity (Wildman–Crippen MR) is 114 cm³/mol. The number of benzene rings is 1. The van der Waals surface area contributed by atoms with Gasteiger partial charge in [0.15, 0.2) is 5.78 Å². The average molecular weight is 391 g/mol. The normalized spacial score (nSPS) is 32.0. The fraction of sp³-hybridized carbons (Fsp3) is 0.520. The zero-order valence-electron chi connectivity index (χ0n) is 17.6. The summed E-state index contributed by atoms with van der Waals surface area (Å²) in [5.41, 5.74) is 4.80. The first-order chi connectivity index (χ1) is 14.0. The van der Waals surface area contributed by atoms with Crippen molar-refractivity contribution in [2.45, 2.75) is 51.9 Å². The van der Waals surface area contributed by atoms with Gasteiger partial charge in [0.1, 0.15) is 5.75 Å². The van der Waals surface area contributed by atoms with Crippen molar-refractivity contribution in [3.8, 4) is 5.75 Å². The van der Waals surface area contributed by atoms with Crippen LogP contribution in [0.25, 0.3) is 6.08 Å². The highest BCUT2D eigenvalue weighted by Gasteiger charge is 2.56. The van der Waals surface area contributed by atoms with Gasteiger partial charge >= 0.3 is 0 Å². The maximum absolute atomic E-state index is 13.4. The number of aromatic nitrogens is 2. The van der Waals surface area contributed by atoms with Crippen LogP contribution in [0.2, 0.25) is 0 Å². The Morgan fingerprint density at radius 2 is 2.21 bits per heavy atom. The number of Topliss-reactive ketones (excluding diaryl/α,β-unsaturated/α-hetero) is 1. The predicted octanol–water partition coefficient (Wildman–Crippen LogP) is 4.94. The Morgan fingerprint density at radius 3 is 2.97 bits per heavy atom. The van der Waals surface area contributed by atoms with Gasteiger partial charge in [-0.1, -0.05) is 13.0 Å². The summed E-state index contributed by atoms with van der Waals surface area (Å²) in [5.74, 6) is 3.00. The molecular weight excluding hydrogens is 360 g/mol. The highest BCUT2D eigenvalue weighted by Crippen LogP contribution is 2.60. The number of hydrogen-bond acceptors (Lipinski definition) is 3. The number of aryl methyl sites for hydroxylation is 2.